The first-order chi connectivity index (χ1) is 13.0. The molecule has 7 nitrogen and oxygen atoms in total. The summed E-state index contributed by atoms with van der Waals surface area (Å²) in [6, 6.07) is 7.62. The van der Waals surface area contributed by atoms with Gasteiger partial charge in [0.15, 0.2) is 11.5 Å². The van der Waals surface area contributed by atoms with Crippen LogP contribution in [0.3, 0.4) is 0 Å². The number of hydrogen-bond acceptors (Lipinski definition) is 4. The summed E-state index contributed by atoms with van der Waals surface area (Å²) in [5, 5.41) is 5.79. The number of benzene rings is 1. The van der Waals surface area contributed by atoms with Crippen molar-refractivity contribution < 1.29 is 9.59 Å². The van der Waals surface area contributed by atoms with Crippen LogP contribution in [0, 0.1) is 6.92 Å². The largest absolute Gasteiger partial charge is 0.348 e. The summed E-state index contributed by atoms with van der Waals surface area (Å²) in [6.45, 7) is 4.01. The molecule has 1 aliphatic heterocycles. The number of rotatable bonds is 6. The van der Waals surface area contributed by atoms with Crippen molar-refractivity contribution in [2.24, 2.45) is 0 Å². The molecule has 2 amide bonds. The van der Waals surface area contributed by atoms with E-state index in [1.807, 2.05) is 54.8 Å². The van der Waals surface area contributed by atoms with Gasteiger partial charge in [-0.2, -0.15) is 0 Å². The minimum absolute atomic E-state index is 0.227. The van der Waals surface area contributed by atoms with E-state index in [1.165, 1.54) is 0 Å². The number of aromatic nitrogens is 2. The quantitative estimate of drug-likeness (QED) is 0.817. The first kappa shape index (κ1) is 19.1. The van der Waals surface area contributed by atoms with Crippen LogP contribution in [-0.4, -0.2) is 53.5 Å². The molecule has 144 valence electrons. The maximum Gasteiger partial charge on any atom is 0.287 e. The monoisotopic (exact) mass is 369 g/mol. The number of carbonyl (C=O) groups is 2. The molecule has 1 aromatic carbocycles. The molecule has 2 heterocycles. The number of anilines is 1. The molecule has 0 saturated heterocycles. The number of nitrogens with one attached hydrogen (secondary N) is 2. The van der Waals surface area contributed by atoms with Crippen molar-refractivity contribution in [1.82, 2.24) is 19.8 Å². The SMILES string of the molecule is Cc1ccc(NC(=O)c2nc(C(=O)NCCN(C)C)n3c2CCCC3)cc1. The molecule has 7 heteroatoms. The topological polar surface area (TPSA) is 79.3 Å². The molecule has 0 fully saturated rings. The smallest absolute Gasteiger partial charge is 0.287 e. The number of imidazole rings is 1. The van der Waals surface area contributed by atoms with Gasteiger partial charge in [-0.1, -0.05) is 17.7 Å². The van der Waals surface area contributed by atoms with Crippen molar-refractivity contribution in [3.63, 3.8) is 0 Å². The molecule has 2 N–H and O–H groups in total. The van der Waals surface area contributed by atoms with Crippen LogP contribution < -0.4 is 10.6 Å². The molecule has 0 unspecified atom stereocenters. The predicted molar refractivity (Wildman–Crippen MR) is 105 cm³/mol. The number of aryl methyl sites for hydroxylation is 1. The third-order valence-corrected chi connectivity index (χ3v) is 4.69. The summed E-state index contributed by atoms with van der Waals surface area (Å²) in [6.07, 6.45) is 2.74. The van der Waals surface area contributed by atoms with E-state index in [0.29, 0.717) is 18.1 Å². The number of carbonyl (C=O) groups excluding carboxylic acids is 2. The lowest BCUT2D eigenvalue weighted by atomic mass is 10.1. The second-order valence-corrected chi connectivity index (χ2v) is 7.22. The summed E-state index contributed by atoms with van der Waals surface area (Å²) in [5.74, 6) is -0.163. The van der Waals surface area contributed by atoms with Crippen molar-refractivity contribution in [2.75, 3.05) is 32.5 Å². The third kappa shape index (κ3) is 4.54. The number of nitrogens with zero attached hydrogens (tertiary/aromatic N) is 3. The Morgan fingerprint density at radius 1 is 1.15 bits per heavy atom. The minimum Gasteiger partial charge on any atom is -0.348 e. The van der Waals surface area contributed by atoms with Crippen molar-refractivity contribution in [3.05, 3.63) is 47.0 Å². The zero-order valence-corrected chi connectivity index (χ0v) is 16.2. The minimum atomic E-state index is -0.267. The van der Waals surface area contributed by atoms with Crippen molar-refractivity contribution in [3.8, 4) is 0 Å². The summed E-state index contributed by atoms with van der Waals surface area (Å²) < 4.78 is 1.90. The summed E-state index contributed by atoms with van der Waals surface area (Å²) >= 11 is 0. The van der Waals surface area contributed by atoms with Crippen LogP contribution in [0.4, 0.5) is 5.69 Å². The van der Waals surface area contributed by atoms with E-state index in [4.69, 9.17) is 0 Å². The molecule has 0 bridgehead atoms. The van der Waals surface area contributed by atoms with Crippen LogP contribution in [0.2, 0.25) is 0 Å². The Balaban J connectivity index is 1.80. The van der Waals surface area contributed by atoms with E-state index in [0.717, 1.165) is 49.3 Å². The molecule has 1 aliphatic rings. The molecule has 0 aliphatic carbocycles. The fourth-order valence-corrected chi connectivity index (χ4v) is 3.20. The average molecular weight is 369 g/mol. The zero-order valence-electron chi connectivity index (χ0n) is 16.2. The standard InChI is InChI=1S/C20H27N5O2/c1-14-7-9-15(10-8-14)22-19(26)17-16-6-4-5-12-25(16)18(23-17)20(27)21-11-13-24(2)3/h7-10H,4-6,11-13H2,1-3H3,(H,21,27)(H,22,26). The summed E-state index contributed by atoms with van der Waals surface area (Å²) in [7, 11) is 3.91. The zero-order chi connectivity index (χ0) is 19.4. The van der Waals surface area contributed by atoms with Gasteiger partial charge in [-0.3, -0.25) is 9.59 Å². The highest BCUT2D eigenvalue weighted by molar-refractivity contribution is 6.05. The number of likely N-dealkylation sites (N-methyl/N-ethyl adjacent to an activating group) is 1. The van der Waals surface area contributed by atoms with Gasteiger partial charge in [0.1, 0.15) is 0 Å². The van der Waals surface area contributed by atoms with Crippen LogP contribution in [0.15, 0.2) is 24.3 Å². The van der Waals surface area contributed by atoms with E-state index >= 15 is 0 Å². The average Bonchev–Trinajstić information content (AvgIpc) is 3.03. The first-order valence-electron chi connectivity index (χ1n) is 9.36. The lowest BCUT2D eigenvalue weighted by Crippen LogP contribution is -2.33. The number of amides is 2. The van der Waals surface area contributed by atoms with E-state index in [9.17, 15) is 9.59 Å². The van der Waals surface area contributed by atoms with Crippen molar-refractivity contribution in [1.29, 1.82) is 0 Å². The highest BCUT2D eigenvalue weighted by Gasteiger charge is 2.27. The van der Waals surface area contributed by atoms with Gasteiger partial charge in [0, 0.05) is 25.3 Å². The molecule has 27 heavy (non-hydrogen) atoms. The van der Waals surface area contributed by atoms with Crippen molar-refractivity contribution >= 4 is 17.5 Å². The first-order valence-corrected chi connectivity index (χ1v) is 9.36. The van der Waals surface area contributed by atoms with Crippen LogP contribution in [-0.2, 0) is 13.0 Å². The summed E-state index contributed by atoms with van der Waals surface area (Å²) in [4.78, 5) is 31.8. The molecular formula is C20H27N5O2. The Morgan fingerprint density at radius 2 is 1.89 bits per heavy atom. The van der Waals surface area contributed by atoms with Gasteiger partial charge in [0.05, 0.1) is 5.69 Å². The van der Waals surface area contributed by atoms with Crippen LogP contribution >= 0.6 is 0 Å². The second-order valence-electron chi connectivity index (χ2n) is 7.22. The molecule has 1 aromatic heterocycles. The third-order valence-electron chi connectivity index (χ3n) is 4.69. The van der Waals surface area contributed by atoms with Gasteiger partial charge in [0.2, 0.25) is 0 Å². The molecule has 2 aromatic rings. The van der Waals surface area contributed by atoms with Gasteiger partial charge in [-0.05, 0) is 52.4 Å². The van der Waals surface area contributed by atoms with Crippen molar-refractivity contribution in [2.45, 2.75) is 32.7 Å². The molecule has 3 rings (SSSR count). The predicted octanol–water partition coefficient (Wildman–Crippen LogP) is 2.07. The van der Waals surface area contributed by atoms with Gasteiger partial charge in [-0.15, -0.1) is 0 Å². The fraction of sp³-hybridized carbons (Fsp3) is 0.450. The molecule has 0 radical (unpaired) electrons. The Labute approximate surface area is 159 Å². The highest BCUT2D eigenvalue weighted by atomic mass is 16.2. The van der Waals surface area contributed by atoms with Crippen LogP contribution in [0.5, 0.6) is 0 Å². The molecule has 0 spiro atoms. The lowest BCUT2D eigenvalue weighted by Gasteiger charge is -2.17. The Morgan fingerprint density at radius 3 is 2.59 bits per heavy atom. The second kappa shape index (κ2) is 8.35. The number of hydrogen-bond donors (Lipinski definition) is 2. The van der Waals surface area contributed by atoms with Crippen LogP contribution in [0.1, 0.15) is 45.2 Å². The van der Waals surface area contributed by atoms with Gasteiger partial charge in [0.25, 0.3) is 11.8 Å². The van der Waals surface area contributed by atoms with Gasteiger partial charge >= 0.3 is 0 Å². The number of fused-ring (bicyclic) bond motifs is 1. The Kier molecular flexibility index (Phi) is 5.91. The van der Waals surface area contributed by atoms with Crippen LogP contribution in [0.25, 0.3) is 0 Å². The van der Waals surface area contributed by atoms with E-state index < -0.39 is 0 Å². The van der Waals surface area contributed by atoms with E-state index in [-0.39, 0.29) is 11.8 Å². The lowest BCUT2D eigenvalue weighted by molar-refractivity contribution is 0.0935. The fourth-order valence-electron chi connectivity index (χ4n) is 3.20. The van der Waals surface area contributed by atoms with E-state index in [2.05, 4.69) is 15.6 Å². The van der Waals surface area contributed by atoms with Gasteiger partial charge < -0.3 is 20.1 Å². The van der Waals surface area contributed by atoms with Gasteiger partial charge in [-0.25, -0.2) is 4.98 Å². The van der Waals surface area contributed by atoms with E-state index in [1.54, 1.807) is 0 Å². The normalized spacial score (nSPS) is 13.3. The molecular weight excluding hydrogens is 342 g/mol. The molecule has 0 atom stereocenters. The Bertz CT molecular complexity index is 824. The molecule has 0 saturated carbocycles. The Hall–Kier alpha value is -2.67. The summed E-state index contributed by atoms with van der Waals surface area (Å²) in [5.41, 5.74) is 3.06. The maximum atomic E-state index is 12.8. The highest BCUT2D eigenvalue weighted by Crippen LogP contribution is 2.22. The maximum absolute atomic E-state index is 12.8.